The predicted octanol–water partition coefficient (Wildman–Crippen LogP) is 3.88. The Morgan fingerprint density at radius 2 is 1.77 bits per heavy atom. The van der Waals surface area contributed by atoms with Crippen LogP contribution in [0.2, 0.25) is 0 Å². The molecule has 0 atom stereocenters. The molecule has 0 aliphatic carbocycles. The number of carboxylic acids is 1. The molecule has 162 valence electrons. The number of sulfonamides is 1. The number of carboxylic acid groups (broad SMARTS) is 1. The maximum absolute atomic E-state index is 14.4. The van der Waals surface area contributed by atoms with E-state index in [2.05, 4.69) is 4.72 Å². The minimum absolute atomic E-state index is 0.0254. The summed E-state index contributed by atoms with van der Waals surface area (Å²) < 4.78 is 61.0. The first kappa shape index (κ1) is 22.4. The first-order chi connectivity index (χ1) is 14.7. The van der Waals surface area contributed by atoms with E-state index in [9.17, 15) is 22.0 Å². The summed E-state index contributed by atoms with van der Waals surface area (Å²) in [6, 6.07) is 13.7. The Morgan fingerprint density at radius 1 is 1.03 bits per heavy atom. The minimum atomic E-state index is -3.81. The molecule has 0 fully saturated rings. The van der Waals surface area contributed by atoms with Gasteiger partial charge >= 0.3 is 5.97 Å². The number of benzene rings is 3. The average molecular weight is 447 g/mol. The second-order valence-electron chi connectivity index (χ2n) is 6.73. The van der Waals surface area contributed by atoms with Crippen LogP contribution in [0.25, 0.3) is 11.1 Å². The molecule has 3 aromatic rings. The monoisotopic (exact) mass is 447 g/mol. The molecule has 0 amide bonds. The van der Waals surface area contributed by atoms with Gasteiger partial charge in [0.25, 0.3) is 0 Å². The highest BCUT2D eigenvalue weighted by Gasteiger charge is 2.18. The maximum Gasteiger partial charge on any atom is 0.341 e. The van der Waals surface area contributed by atoms with Crippen LogP contribution >= 0.6 is 0 Å². The van der Waals surface area contributed by atoms with E-state index >= 15 is 0 Å². The van der Waals surface area contributed by atoms with Crippen LogP contribution < -0.4 is 9.46 Å². The molecule has 3 aromatic carbocycles. The Labute approximate surface area is 178 Å². The summed E-state index contributed by atoms with van der Waals surface area (Å²) in [7, 11) is -3.81. The molecule has 0 saturated heterocycles. The molecule has 31 heavy (non-hydrogen) atoms. The van der Waals surface area contributed by atoms with Crippen molar-refractivity contribution in [1.82, 2.24) is 4.72 Å². The third kappa shape index (κ3) is 5.44. The van der Waals surface area contributed by atoms with E-state index in [-0.39, 0.29) is 28.3 Å². The summed E-state index contributed by atoms with van der Waals surface area (Å²) in [6.07, 6.45) is 0. The van der Waals surface area contributed by atoms with Crippen molar-refractivity contribution in [1.29, 1.82) is 0 Å². The highest BCUT2D eigenvalue weighted by Crippen LogP contribution is 2.33. The number of halogens is 2. The molecule has 6 nitrogen and oxygen atoms in total. The fourth-order valence-corrected chi connectivity index (χ4v) is 4.24. The van der Waals surface area contributed by atoms with E-state index in [0.717, 1.165) is 18.2 Å². The summed E-state index contributed by atoms with van der Waals surface area (Å²) in [6.45, 7) is 0.872. The molecule has 0 heterocycles. The number of aliphatic carboxylic acids is 1. The van der Waals surface area contributed by atoms with Gasteiger partial charge < -0.3 is 9.84 Å². The van der Waals surface area contributed by atoms with Gasteiger partial charge in [-0.15, -0.1) is 0 Å². The Hall–Kier alpha value is -3.30. The first-order valence-corrected chi connectivity index (χ1v) is 10.6. The molecular weight excluding hydrogens is 428 g/mol. The molecule has 3 rings (SSSR count). The van der Waals surface area contributed by atoms with Gasteiger partial charge in [0.15, 0.2) is 6.61 Å². The van der Waals surface area contributed by atoms with Crippen molar-refractivity contribution < 1.29 is 31.8 Å². The van der Waals surface area contributed by atoms with Crippen LogP contribution in [0.5, 0.6) is 5.75 Å². The third-order valence-electron chi connectivity index (χ3n) is 4.46. The van der Waals surface area contributed by atoms with Gasteiger partial charge in [0, 0.05) is 17.7 Å². The summed E-state index contributed by atoms with van der Waals surface area (Å²) in [5, 5.41) is 8.86. The van der Waals surface area contributed by atoms with Crippen LogP contribution in [-0.2, 0) is 21.4 Å². The maximum atomic E-state index is 14.4. The number of ether oxygens (including phenoxy) is 1. The summed E-state index contributed by atoms with van der Waals surface area (Å²) in [5.74, 6) is -2.64. The Bertz CT molecular complexity index is 1230. The lowest BCUT2D eigenvalue weighted by atomic mass is 10.0. The van der Waals surface area contributed by atoms with Crippen molar-refractivity contribution >= 4 is 16.0 Å². The zero-order valence-electron chi connectivity index (χ0n) is 16.4. The lowest BCUT2D eigenvalue weighted by molar-refractivity contribution is -0.139. The van der Waals surface area contributed by atoms with E-state index in [1.807, 2.05) is 0 Å². The van der Waals surface area contributed by atoms with Crippen LogP contribution in [0.1, 0.15) is 11.1 Å². The van der Waals surface area contributed by atoms with Crippen molar-refractivity contribution in [2.75, 3.05) is 6.61 Å². The number of rotatable bonds is 8. The first-order valence-electron chi connectivity index (χ1n) is 9.15. The predicted molar refractivity (Wildman–Crippen MR) is 110 cm³/mol. The zero-order chi connectivity index (χ0) is 22.6. The van der Waals surface area contributed by atoms with Crippen LogP contribution in [0, 0.1) is 18.6 Å². The van der Waals surface area contributed by atoms with Crippen LogP contribution in [-0.4, -0.2) is 26.1 Å². The molecule has 0 unspecified atom stereocenters. The van der Waals surface area contributed by atoms with Gasteiger partial charge in [0.2, 0.25) is 10.0 Å². The van der Waals surface area contributed by atoms with E-state index in [4.69, 9.17) is 9.84 Å². The smallest absolute Gasteiger partial charge is 0.341 e. The van der Waals surface area contributed by atoms with Crippen molar-refractivity contribution in [2.24, 2.45) is 0 Å². The molecule has 2 N–H and O–H groups in total. The molecule has 0 radical (unpaired) electrons. The van der Waals surface area contributed by atoms with Crippen molar-refractivity contribution in [2.45, 2.75) is 18.4 Å². The number of aryl methyl sites for hydroxylation is 1. The van der Waals surface area contributed by atoms with Crippen molar-refractivity contribution in [3.8, 4) is 16.9 Å². The number of carbonyl (C=O) groups is 1. The van der Waals surface area contributed by atoms with Gasteiger partial charge in [-0.1, -0.05) is 24.3 Å². The van der Waals surface area contributed by atoms with Crippen LogP contribution in [0.4, 0.5) is 8.78 Å². The normalized spacial score (nSPS) is 11.3. The summed E-state index contributed by atoms with van der Waals surface area (Å²) >= 11 is 0. The SMILES string of the molecule is Cc1ccccc1S(=O)(=O)NCc1ccc(OCC(=O)O)c(-c2cc(F)ccc2F)c1. The summed E-state index contributed by atoms with van der Waals surface area (Å²) in [4.78, 5) is 11.0. The average Bonchev–Trinajstić information content (AvgIpc) is 2.73. The number of hydrogen-bond acceptors (Lipinski definition) is 4. The van der Waals surface area contributed by atoms with Gasteiger partial charge in [-0.05, 0) is 54.4 Å². The van der Waals surface area contributed by atoms with Gasteiger partial charge in [0.05, 0.1) is 4.90 Å². The Kier molecular flexibility index (Phi) is 6.67. The Morgan fingerprint density at radius 3 is 2.48 bits per heavy atom. The van der Waals surface area contributed by atoms with Crippen LogP contribution in [0.3, 0.4) is 0 Å². The minimum Gasteiger partial charge on any atom is -0.481 e. The standard InChI is InChI=1S/C22H19F2NO5S/c1-14-4-2-3-5-21(14)31(28,29)25-12-15-6-9-20(30-13-22(26)27)18(10-15)17-11-16(23)7-8-19(17)24/h2-11,25H,12-13H2,1H3,(H,26,27). The molecule has 0 saturated carbocycles. The highest BCUT2D eigenvalue weighted by molar-refractivity contribution is 7.89. The highest BCUT2D eigenvalue weighted by atomic mass is 32.2. The fraction of sp³-hybridized carbons (Fsp3) is 0.136. The lowest BCUT2D eigenvalue weighted by Crippen LogP contribution is -2.24. The van der Waals surface area contributed by atoms with Gasteiger partial charge in [-0.2, -0.15) is 0 Å². The van der Waals surface area contributed by atoms with Gasteiger partial charge in [0.1, 0.15) is 17.4 Å². The van der Waals surface area contributed by atoms with E-state index in [1.165, 1.54) is 24.3 Å². The fourth-order valence-electron chi connectivity index (χ4n) is 2.98. The molecular formula is C22H19F2NO5S. The quantitative estimate of drug-likeness (QED) is 0.547. The second-order valence-corrected chi connectivity index (χ2v) is 8.46. The van der Waals surface area contributed by atoms with E-state index in [0.29, 0.717) is 11.1 Å². The Balaban J connectivity index is 1.94. The molecule has 0 spiro atoms. The van der Waals surface area contributed by atoms with Gasteiger partial charge in [-0.3, -0.25) is 0 Å². The topological polar surface area (TPSA) is 92.7 Å². The molecule has 0 aromatic heterocycles. The molecule has 0 bridgehead atoms. The largest absolute Gasteiger partial charge is 0.481 e. The van der Waals surface area contributed by atoms with Crippen molar-refractivity contribution in [3.05, 3.63) is 83.4 Å². The summed E-state index contributed by atoms with van der Waals surface area (Å²) in [5.41, 5.74) is 0.989. The van der Waals surface area contributed by atoms with E-state index < -0.39 is 34.2 Å². The number of nitrogens with one attached hydrogen (secondary N) is 1. The van der Waals surface area contributed by atoms with E-state index in [1.54, 1.807) is 25.1 Å². The molecule has 9 heteroatoms. The second kappa shape index (κ2) is 9.23. The molecule has 0 aliphatic heterocycles. The van der Waals surface area contributed by atoms with Crippen LogP contribution in [0.15, 0.2) is 65.6 Å². The number of hydrogen-bond donors (Lipinski definition) is 2. The zero-order valence-corrected chi connectivity index (χ0v) is 17.2. The molecule has 0 aliphatic rings. The third-order valence-corrected chi connectivity index (χ3v) is 6.02. The van der Waals surface area contributed by atoms with Crippen molar-refractivity contribution in [3.63, 3.8) is 0 Å². The lowest BCUT2D eigenvalue weighted by Gasteiger charge is -2.14. The van der Waals surface area contributed by atoms with Gasteiger partial charge in [-0.25, -0.2) is 26.7 Å².